The highest BCUT2D eigenvalue weighted by molar-refractivity contribution is 6.06. The number of pyridine rings is 1. The fourth-order valence-electron chi connectivity index (χ4n) is 6.72. The standard InChI is InChI=1S/C33H37FN2O7/c1-42-18-22-17-23-31(33(41)36(32(23)40)14-6-2-3-8-29(38)39)24-19-43-28(30(22)24)12-10-21(26-7-4-5-13-35-26)15-20-9-11-27(37)25(34)16-20/h4-5,7,9,11,13,15-16,23-24,28,31,37H,2-3,6,8,10,12,14,17-19H2,1H3,(H,38,39)/b21-15-/t23-,24+,28-,31-/m1/s1. The molecule has 1 aromatic carbocycles. The minimum Gasteiger partial charge on any atom is -0.505 e. The summed E-state index contributed by atoms with van der Waals surface area (Å²) < 4.78 is 25.9. The van der Waals surface area contributed by atoms with Gasteiger partial charge < -0.3 is 19.7 Å². The third-order valence-electron chi connectivity index (χ3n) is 8.67. The molecule has 0 bridgehead atoms. The Kier molecular flexibility index (Phi) is 9.67. The van der Waals surface area contributed by atoms with E-state index in [1.54, 1.807) is 19.4 Å². The zero-order chi connectivity index (χ0) is 30.5. The number of phenols is 1. The Labute approximate surface area is 250 Å². The van der Waals surface area contributed by atoms with Crippen LogP contribution in [-0.4, -0.2) is 70.9 Å². The summed E-state index contributed by atoms with van der Waals surface area (Å²) in [7, 11) is 1.61. The van der Waals surface area contributed by atoms with Crippen LogP contribution in [0.1, 0.15) is 56.2 Å². The van der Waals surface area contributed by atoms with E-state index in [1.165, 1.54) is 17.0 Å². The minimum absolute atomic E-state index is 0.0741. The van der Waals surface area contributed by atoms with Gasteiger partial charge in [-0.2, -0.15) is 0 Å². The number of aliphatic carboxylic acids is 1. The number of ether oxygens (including phenoxy) is 2. The van der Waals surface area contributed by atoms with E-state index >= 15 is 0 Å². The number of imide groups is 1. The molecule has 3 aliphatic rings. The maximum Gasteiger partial charge on any atom is 0.303 e. The van der Waals surface area contributed by atoms with Crippen LogP contribution in [-0.2, 0) is 23.9 Å². The van der Waals surface area contributed by atoms with E-state index in [4.69, 9.17) is 14.6 Å². The van der Waals surface area contributed by atoms with Crippen LogP contribution in [0.15, 0.2) is 53.7 Å². The molecule has 2 aliphatic heterocycles. The molecule has 10 heteroatoms. The van der Waals surface area contributed by atoms with Gasteiger partial charge in [0.1, 0.15) is 0 Å². The monoisotopic (exact) mass is 592 g/mol. The van der Waals surface area contributed by atoms with Crippen molar-refractivity contribution in [2.45, 2.75) is 51.0 Å². The van der Waals surface area contributed by atoms with Crippen molar-refractivity contribution in [2.24, 2.45) is 17.8 Å². The number of carboxylic acids is 1. The highest BCUT2D eigenvalue weighted by Crippen LogP contribution is 2.50. The molecule has 2 N–H and O–H groups in total. The van der Waals surface area contributed by atoms with Gasteiger partial charge in [0.15, 0.2) is 11.6 Å². The molecule has 1 aliphatic carbocycles. The van der Waals surface area contributed by atoms with Gasteiger partial charge in [-0.15, -0.1) is 0 Å². The normalized spacial score (nSPS) is 23.6. The van der Waals surface area contributed by atoms with E-state index in [0.29, 0.717) is 63.8 Å². The lowest BCUT2D eigenvalue weighted by molar-refractivity contribution is -0.141. The number of amides is 2. The summed E-state index contributed by atoms with van der Waals surface area (Å²) in [5.74, 6) is -3.42. The average molecular weight is 593 g/mol. The molecule has 2 aromatic rings. The van der Waals surface area contributed by atoms with Gasteiger partial charge >= 0.3 is 5.97 Å². The van der Waals surface area contributed by atoms with Crippen LogP contribution >= 0.6 is 0 Å². The highest BCUT2D eigenvalue weighted by atomic mass is 19.1. The number of aromatic nitrogens is 1. The van der Waals surface area contributed by atoms with E-state index in [0.717, 1.165) is 22.4 Å². The maximum absolute atomic E-state index is 14.1. The van der Waals surface area contributed by atoms with Gasteiger partial charge in [-0.3, -0.25) is 24.3 Å². The average Bonchev–Trinajstić information content (AvgIpc) is 3.52. The van der Waals surface area contributed by atoms with E-state index in [9.17, 15) is 23.9 Å². The van der Waals surface area contributed by atoms with Gasteiger partial charge in [0.2, 0.25) is 11.8 Å². The molecule has 0 unspecified atom stereocenters. The van der Waals surface area contributed by atoms with Crippen molar-refractivity contribution in [3.05, 3.63) is 70.8 Å². The number of methoxy groups -OCH3 is 1. The second kappa shape index (κ2) is 13.6. The number of hydrogen-bond acceptors (Lipinski definition) is 7. The number of carbonyl (C=O) groups is 3. The number of fused-ring (bicyclic) bond motifs is 3. The van der Waals surface area contributed by atoms with E-state index in [2.05, 4.69) is 4.98 Å². The molecule has 0 radical (unpaired) electrons. The lowest BCUT2D eigenvalue weighted by Crippen LogP contribution is -2.35. The summed E-state index contributed by atoms with van der Waals surface area (Å²) in [5, 5.41) is 18.5. The molecule has 1 aromatic heterocycles. The maximum atomic E-state index is 14.1. The Morgan fingerprint density at radius 2 is 1.98 bits per heavy atom. The van der Waals surface area contributed by atoms with E-state index in [1.807, 2.05) is 24.3 Å². The van der Waals surface area contributed by atoms with Crippen molar-refractivity contribution in [2.75, 3.05) is 26.9 Å². The predicted octanol–water partition coefficient (Wildman–Crippen LogP) is 4.86. The predicted molar refractivity (Wildman–Crippen MR) is 156 cm³/mol. The third kappa shape index (κ3) is 6.70. The summed E-state index contributed by atoms with van der Waals surface area (Å²) in [6.45, 7) is 0.985. The number of halogens is 1. The molecule has 228 valence electrons. The third-order valence-corrected chi connectivity index (χ3v) is 8.67. The molecule has 43 heavy (non-hydrogen) atoms. The number of hydrogen-bond donors (Lipinski definition) is 2. The molecular weight excluding hydrogens is 555 g/mol. The largest absolute Gasteiger partial charge is 0.505 e. The molecule has 0 saturated carbocycles. The number of carboxylic acid groups (broad SMARTS) is 1. The quantitative estimate of drug-likeness (QED) is 0.192. The first kappa shape index (κ1) is 30.6. The Bertz CT molecular complexity index is 1420. The van der Waals surface area contributed by atoms with Crippen molar-refractivity contribution in [3.8, 4) is 5.75 Å². The molecule has 2 amide bonds. The van der Waals surface area contributed by atoms with Crippen LogP contribution in [0.25, 0.3) is 11.6 Å². The molecule has 4 atom stereocenters. The fraction of sp³-hybridized carbons (Fsp3) is 0.455. The number of nitrogens with zero attached hydrogens (tertiary/aromatic N) is 2. The summed E-state index contributed by atoms with van der Waals surface area (Å²) in [6.07, 6.45) is 6.67. The van der Waals surface area contributed by atoms with Gasteiger partial charge in [-0.25, -0.2) is 4.39 Å². The summed E-state index contributed by atoms with van der Waals surface area (Å²) >= 11 is 0. The lowest BCUT2D eigenvalue weighted by atomic mass is 9.69. The summed E-state index contributed by atoms with van der Waals surface area (Å²) in [6, 6.07) is 9.84. The number of allylic oxidation sites excluding steroid dienone is 1. The molecule has 9 nitrogen and oxygen atoms in total. The van der Waals surface area contributed by atoms with Gasteiger partial charge in [0.05, 0.1) is 36.8 Å². The number of aromatic hydroxyl groups is 1. The highest BCUT2D eigenvalue weighted by Gasteiger charge is 2.56. The number of benzene rings is 1. The zero-order valence-corrected chi connectivity index (χ0v) is 24.2. The molecular formula is C33H37FN2O7. The van der Waals surface area contributed by atoms with Crippen molar-refractivity contribution < 1.29 is 38.5 Å². The molecule has 2 saturated heterocycles. The molecule has 3 heterocycles. The first-order valence-electron chi connectivity index (χ1n) is 14.8. The van der Waals surface area contributed by atoms with Crippen molar-refractivity contribution in [1.29, 1.82) is 0 Å². The summed E-state index contributed by atoms with van der Waals surface area (Å²) in [5.41, 5.74) is 4.27. The molecule has 0 spiro atoms. The number of carbonyl (C=O) groups excluding carboxylic acids is 2. The van der Waals surface area contributed by atoms with Crippen LogP contribution in [0.4, 0.5) is 4.39 Å². The van der Waals surface area contributed by atoms with Gasteiger partial charge in [-0.1, -0.05) is 18.6 Å². The van der Waals surface area contributed by atoms with Crippen LogP contribution < -0.4 is 0 Å². The number of rotatable bonds is 13. The van der Waals surface area contributed by atoms with Crippen LogP contribution in [0, 0.1) is 23.6 Å². The number of unbranched alkanes of at least 4 members (excludes halogenated alkanes) is 2. The SMILES string of the molecule is COCC1=C2[C@@H](CC/C(=C/c3ccc(O)c(F)c3)c3ccccn3)OC[C@@H]2[C@@H]2C(=O)N(CCCCCC(=O)O)C(=O)[C@@H]2C1. The van der Waals surface area contributed by atoms with Crippen LogP contribution in [0.5, 0.6) is 5.75 Å². The van der Waals surface area contributed by atoms with Crippen molar-refractivity contribution in [1.82, 2.24) is 9.88 Å². The zero-order valence-electron chi connectivity index (χ0n) is 24.2. The van der Waals surface area contributed by atoms with Gasteiger partial charge in [0, 0.05) is 32.2 Å². The topological polar surface area (TPSA) is 126 Å². The second-order valence-corrected chi connectivity index (χ2v) is 11.4. The Balaban J connectivity index is 1.34. The van der Waals surface area contributed by atoms with E-state index in [-0.39, 0.29) is 30.3 Å². The smallest absolute Gasteiger partial charge is 0.303 e. The van der Waals surface area contributed by atoms with Gasteiger partial charge in [-0.05, 0) is 84.7 Å². The van der Waals surface area contributed by atoms with E-state index < -0.39 is 29.4 Å². The Morgan fingerprint density at radius 1 is 1.14 bits per heavy atom. The Morgan fingerprint density at radius 3 is 2.70 bits per heavy atom. The van der Waals surface area contributed by atoms with Crippen LogP contribution in [0.3, 0.4) is 0 Å². The summed E-state index contributed by atoms with van der Waals surface area (Å²) in [4.78, 5) is 43.6. The number of phenolic OH excluding ortho intramolecular Hbond substituents is 1. The fourth-order valence-corrected chi connectivity index (χ4v) is 6.72. The molecule has 2 fully saturated rings. The minimum atomic E-state index is -0.851. The van der Waals surface area contributed by atoms with Crippen LogP contribution in [0.2, 0.25) is 0 Å². The van der Waals surface area contributed by atoms with Gasteiger partial charge in [0.25, 0.3) is 0 Å². The molecule has 5 rings (SSSR count). The first-order valence-corrected chi connectivity index (χ1v) is 14.8. The van der Waals surface area contributed by atoms with Crippen molar-refractivity contribution in [3.63, 3.8) is 0 Å². The first-order chi connectivity index (χ1) is 20.8. The lowest BCUT2D eigenvalue weighted by Gasteiger charge is -2.31. The second-order valence-electron chi connectivity index (χ2n) is 11.4. The number of likely N-dealkylation sites (tertiary alicyclic amines) is 1. The Hall–Kier alpha value is -3.89. The van der Waals surface area contributed by atoms with Crippen molar-refractivity contribution >= 4 is 29.4 Å².